The van der Waals surface area contributed by atoms with Gasteiger partial charge in [-0.1, -0.05) is 13.0 Å². The minimum absolute atomic E-state index is 0.662. The highest BCUT2D eigenvalue weighted by atomic mass is 79.9. The quantitative estimate of drug-likeness (QED) is 0.404. The Hall–Kier alpha value is 0.430. The van der Waals surface area contributed by atoms with Crippen LogP contribution in [0.25, 0.3) is 0 Å². The molecule has 0 aliphatic heterocycles. The molecule has 0 aliphatic carbocycles. The van der Waals surface area contributed by atoms with Gasteiger partial charge < -0.3 is 0 Å². The first kappa shape index (κ1) is 11.4. The molecule has 0 saturated carbocycles. The summed E-state index contributed by atoms with van der Waals surface area (Å²) in [5.74, 6) is 1.69. The standard InChI is InChI=1S/C7H11BrF2S/c1-2-5-11-6-3-4-7(8,9)10/h3-4H,2,5-6H2,1H3/b4-3+. The monoisotopic (exact) mass is 244 g/mol. The summed E-state index contributed by atoms with van der Waals surface area (Å²) >= 11 is 3.87. The third-order valence-electron chi connectivity index (χ3n) is 0.869. The highest BCUT2D eigenvalue weighted by Crippen LogP contribution is 2.22. The largest absolute Gasteiger partial charge is 0.319 e. The van der Waals surface area contributed by atoms with Gasteiger partial charge in [-0.2, -0.15) is 20.5 Å². The summed E-state index contributed by atoms with van der Waals surface area (Å²) in [5, 5.41) is 0. The van der Waals surface area contributed by atoms with E-state index in [2.05, 4.69) is 22.9 Å². The molecule has 0 fully saturated rings. The van der Waals surface area contributed by atoms with E-state index in [0.29, 0.717) is 5.75 Å². The van der Waals surface area contributed by atoms with E-state index in [9.17, 15) is 8.78 Å². The zero-order valence-corrected chi connectivity index (χ0v) is 8.72. The Morgan fingerprint density at radius 3 is 2.64 bits per heavy atom. The third-order valence-corrected chi connectivity index (χ3v) is 2.26. The number of allylic oxidation sites excluding steroid dienone is 1. The molecule has 0 radical (unpaired) electrons. The predicted octanol–water partition coefficient (Wildman–Crippen LogP) is 3.67. The molecular formula is C7H11BrF2S. The van der Waals surface area contributed by atoms with Gasteiger partial charge in [0, 0.05) is 5.75 Å². The number of thioether (sulfide) groups is 1. The number of hydrogen-bond acceptors (Lipinski definition) is 1. The zero-order chi connectivity index (χ0) is 8.74. The van der Waals surface area contributed by atoms with Gasteiger partial charge in [-0.3, -0.25) is 0 Å². The first-order chi connectivity index (χ1) is 5.06. The van der Waals surface area contributed by atoms with Crippen LogP contribution in [0.5, 0.6) is 0 Å². The smallest absolute Gasteiger partial charge is 0.189 e. The van der Waals surface area contributed by atoms with Crippen LogP contribution in [-0.4, -0.2) is 16.3 Å². The Kier molecular flexibility index (Phi) is 6.24. The van der Waals surface area contributed by atoms with Crippen LogP contribution in [0.15, 0.2) is 12.2 Å². The van der Waals surface area contributed by atoms with Crippen molar-refractivity contribution < 1.29 is 8.78 Å². The Labute approximate surface area is 78.6 Å². The van der Waals surface area contributed by atoms with E-state index < -0.39 is 4.83 Å². The summed E-state index contributed by atoms with van der Waals surface area (Å²) in [4.78, 5) is -2.83. The van der Waals surface area contributed by atoms with Gasteiger partial charge in [-0.15, -0.1) is 0 Å². The topological polar surface area (TPSA) is 0 Å². The van der Waals surface area contributed by atoms with Crippen molar-refractivity contribution in [2.45, 2.75) is 18.2 Å². The Bertz CT molecular complexity index is 120. The minimum atomic E-state index is -2.83. The Morgan fingerprint density at radius 1 is 1.55 bits per heavy atom. The summed E-state index contributed by atoms with van der Waals surface area (Å²) in [7, 11) is 0. The van der Waals surface area contributed by atoms with Crippen LogP contribution in [0.2, 0.25) is 0 Å². The molecule has 66 valence electrons. The van der Waals surface area contributed by atoms with Crippen molar-refractivity contribution >= 4 is 27.7 Å². The summed E-state index contributed by atoms with van der Waals surface area (Å²) in [5.41, 5.74) is 0. The van der Waals surface area contributed by atoms with Gasteiger partial charge in [0.05, 0.1) is 0 Å². The highest BCUT2D eigenvalue weighted by molar-refractivity contribution is 9.10. The van der Waals surface area contributed by atoms with Gasteiger partial charge in [-0.25, -0.2) is 0 Å². The fourth-order valence-electron chi connectivity index (χ4n) is 0.477. The van der Waals surface area contributed by atoms with Gasteiger partial charge in [-0.05, 0) is 34.2 Å². The average Bonchev–Trinajstić information content (AvgIpc) is 1.85. The van der Waals surface area contributed by atoms with E-state index >= 15 is 0 Å². The maximum Gasteiger partial charge on any atom is 0.319 e. The van der Waals surface area contributed by atoms with Crippen LogP contribution >= 0.6 is 27.7 Å². The highest BCUT2D eigenvalue weighted by Gasteiger charge is 2.17. The minimum Gasteiger partial charge on any atom is -0.189 e. The van der Waals surface area contributed by atoms with E-state index in [0.717, 1.165) is 18.2 Å². The van der Waals surface area contributed by atoms with Crippen molar-refractivity contribution in [3.05, 3.63) is 12.2 Å². The summed E-state index contributed by atoms with van der Waals surface area (Å²) in [6.45, 7) is 2.07. The summed E-state index contributed by atoms with van der Waals surface area (Å²) < 4.78 is 24.1. The van der Waals surface area contributed by atoms with Gasteiger partial charge >= 0.3 is 4.83 Å². The molecule has 0 bridgehead atoms. The maximum absolute atomic E-state index is 12.1. The second-order valence-electron chi connectivity index (χ2n) is 2.02. The fourth-order valence-corrected chi connectivity index (χ4v) is 1.35. The third kappa shape index (κ3) is 10.4. The van der Waals surface area contributed by atoms with Crippen LogP contribution in [-0.2, 0) is 0 Å². The van der Waals surface area contributed by atoms with Crippen molar-refractivity contribution in [3.63, 3.8) is 0 Å². The molecule has 0 atom stereocenters. The maximum atomic E-state index is 12.1. The van der Waals surface area contributed by atoms with E-state index in [1.165, 1.54) is 6.08 Å². The molecule has 0 saturated heterocycles. The van der Waals surface area contributed by atoms with Gasteiger partial charge in [0.2, 0.25) is 0 Å². The molecule has 4 heteroatoms. The molecule has 0 aromatic heterocycles. The van der Waals surface area contributed by atoms with Crippen molar-refractivity contribution in [3.8, 4) is 0 Å². The molecule has 0 nitrogen and oxygen atoms in total. The zero-order valence-electron chi connectivity index (χ0n) is 6.32. The lowest BCUT2D eigenvalue weighted by Gasteiger charge is -1.98. The molecule has 0 aromatic rings. The van der Waals surface area contributed by atoms with E-state index in [1.54, 1.807) is 11.8 Å². The van der Waals surface area contributed by atoms with Crippen LogP contribution in [0.1, 0.15) is 13.3 Å². The predicted molar refractivity (Wildman–Crippen MR) is 50.6 cm³/mol. The molecular weight excluding hydrogens is 234 g/mol. The van der Waals surface area contributed by atoms with Crippen molar-refractivity contribution in [1.82, 2.24) is 0 Å². The lowest BCUT2D eigenvalue weighted by Crippen LogP contribution is -1.97. The van der Waals surface area contributed by atoms with E-state index in [-0.39, 0.29) is 0 Å². The van der Waals surface area contributed by atoms with Crippen molar-refractivity contribution in [1.29, 1.82) is 0 Å². The second-order valence-corrected chi connectivity index (χ2v) is 4.23. The first-order valence-corrected chi connectivity index (χ1v) is 5.33. The number of hydrogen-bond donors (Lipinski definition) is 0. The molecule has 11 heavy (non-hydrogen) atoms. The van der Waals surface area contributed by atoms with Crippen LogP contribution in [0.4, 0.5) is 8.78 Å². The Balaban J connectivity index is 3.30. The lowest BCUT2D eigenvalue weighted by atomic mass is 10.5. The van der Waals surface area contributed by atoms with E-state index in [1.807, 2.05) is 0 Å². The molecule has 0 aromatic carbocycles. The van der Waals surface area contributed by atoms with Crippen LogP contribution < -0.4 is 0 Å². The molecule has 0 rings (SSSR count). The van der Waals surface area contributed by atoms with E-state index in [4.69, 9.17) is 0 Å². The average molecular weight is 245 g/mol. The van der Waals surface area contributed by atoms with Crippen molar-refractivity contribution in [2.24, 2.45) is 0 Å². The molecule has 0 heterocycles. The molecule has 0 amide bonds. The number of rotatable bonds is 5. The second kappa shape index (κ2) is 6.00. The fraction of sp³-hybridized carbons (Fsp3) is 0.714. The molecule has 0 unspecified atom stereocenters. The summed E-state index contributed by atoms with van der Waals surface area (Å²) in [6, 6.07) is 0. The number of alkyl halides is 3. The van der Waals surface area contributed by atoms with Crippen LogP contribution in [0.3, 0.4) is 0 Å². The normalized spacial score (nSPS) is 12.7. The summed E-state index contributed by atoms with van der Waals surface area (Å²) in [6.07, 6.45) is 3.44. The SMILES string of the molecule is CCCSC/C=C/C(F)(F)Br. The van der Waals surface area contributed by atoms with Gasteiger partial charge in [0.15, 0.2) is 0 Å². The number of halogens is 3. The van der Waals surface area contributed by atoms with Gasteiger partial charge in [0.1, 0.15) is 0 Å². The van der Waals surface area contributed by atoms with Gasteiger partial charge in [0.25, 0.3) is 0 Å². The first-order valence-electron chi connectivity index (χ1n) is 3.38. The molecule has 0 aliphatic rings. The van der Waals surface area contributed by atoms with Crippen molar-refractivity contribution in [2.75, 3.05) is 11.5 Å². The van der Waals surface area contributed by atoms with Crippen LogP contribution in [0, 0.1) is 0 Å². The molecule has 0 N–H and O–H groups in total. The molecule has 0 spiro atoms. The Morgan fingerprint density at radius 2 is 2.18 bits per heavy atom. The lowest BCUT2D eigenvalue weighted by molar-refractivity contribution is 0.171.